The van der Waals surface area contributed by atoms with Crippen molar-refractivity contribution in [2.45, 2.75) is 25.9 Å². The van der Waals surface area contributed by atoms with Crippen LogP contribution in [0.2, 0.25) is 5.02 Å². The van der Waals surface area contributed by atoms with Crippen molar-refractivity contribution in [1.82, 2.24) is 10.6 Å². The quantitative estimate of drug-likeness (QED) is 0.777. The van der Waals surface area contributed by atoms with Gasteiger partial charge in [0.05, 0.1) is 0 Å². The fourth-order valence-electron chi connectivity index (χ4n) is 2.62. The average molecular weight is 361 g/mol. The molecule has 2 aromatic carbocycles. The topological polar surface area (TPSA) is 58.2 Å². The third-order valence-electron chi connectivity index (χ3n) is 4.38. The number of halogens is 2. The van der Waals surface area contributed by atoms with Gasteiger partial charge in [-0.25, -0.2) is 4.39 Å². The van der Waals surface area contributed by atoms with Gasteiger partial charge in [-0.3, -0.25) is 9.59 Å². The highest BCUT2D eigenvalue weighted by Crippen LogP contribution is 2.46. The Labute approximate surface area is 150 Å². The van der Waals surface area contributed by atoms with Gasteiger partial charge in [-0.2, -0.15) is 0 Å². The normalized spacial score (nSPS) is 14.6. The number of carbonyl (C=O) groups excluding carboxylic acids is 2. The van der Waals surface area contributed by atoms with Crippen molar-refractivity contribution in [1.29, 1.82) is 0 Å². The minimum atomic E-state index is -0.999. The van der Waals surface area contributed by atoms with E-state index in [-0.39, 0.29) is 30.7 Å². The molecule has 0 heterocycles. The van der Waals surface area contributed by atoms with E-state index >= 15 is 0 Å². The molecule has 0 radical (unpaired) electrons. The highest BCUT2D eigenvalue weighted by molar-refractivity contribution is 6.31. The van der Waals surface area contributed by atoms with Crippen LogP contribution in [0.1, 0.15) is 24.0 Å². The lowest BCUT2D eigenvalue weighted by atomic mass is 10.0. The lowest BCUT2D eigenvalue weighted by molar-refractivity contribution is -0.137. The molecular formula is C19H18ClFN2O2. The molecular weight excluding hydrogens is 343 g/mol. The molecule has 0 aromatic heterocycles. The summed E-state index contributed by atoms with van der Waals surface area (Å²) < 4.78 is 12.9. The Kier molecular flexibility index (Phi) is 5.04. The van der Waals surface area contributed by atoms with Crippen LogP contribution in [0.4, 0.5) is 4.39 Å². The van der Waals surface area contributed by atoms with Gasteiger partial charge in [0, 0.05) is 18.1 Å². The summed E-state index contributed by atoms with van der Waals surface area (Å²) >= 11 is 6.07. The van der Waals surface area contributed by atoms with E-state index in [0.717, 1.165) is 11.1 Å². The molecule has 0 saturated heterocycles. The third kappa shape index (κ3) is 3.99. The molecule has 4 nitrogen and oxygen atoms in total. The number of nitrogens with one attached hydrogen (secondary N) is 2. The highest BCUT2D eigenvalue weighted by Gasteiger charge is 2.56. The second kappa shape index (κ2) is 7.23. The minimum Gasteiger partial charge on any atom is -0.351 e. The van der Waals surface area contributed by atoms with Crippen molar-refractivity contribution < 1.29 is 14.0 Å². The van der Waals surface area contributed by atoms with Crippen LogP contribution in [0.3, 0.4) is 0 Å². The number of amides is 2. The average Bonchev–Trinajstić information content (AvgIpc) is 3.42. The maximum absolute atomic E-state index is 12.9. The maximum Gasteiger partial charge on any atom is 0.235 e. The zero-order valence-corrected chi connectivity index (χ0v) is 14.3. The fraction of sp³-hybridized carbons (Fsp3) is 0.263. The van der Waals surface area contributed by atoms with Gasteiger partial charge in [-0.05, 0) is 42.2 Å². The summed E-state index contributed by atoms with van der Waals surface area (Å²) in [6.07, 6.45) is 1.05. The molecule has 1 aliphatic carbocycles. The van der Waals surface area contributed by atoms with Gasteiger partial charge >= 0.3 is 0 Å². The van der Waals surface area contributed by atoms with E-state index in [1.807, 2.05) is 18.2 Å². The summed E-state index contributed by atoms with van der Waals surface area (Å²) in [5, 5.41) is 6.14. The number of rotatable bonds is 6. The van der Waals surface area contributed by atoms with E-state index in [1.165, 1.54) is 12.1 Å². The summed E-state index contributed by atoms with van der Waals surface area (Å²) in [5.74, 6) is -0.912. The first kappa shape index (κ1) is 17.4. The largest absolute Gasteiger partial charge is 0.351 e. The predicted octanol–water partition coefficient (Wildman–Crippen LogP) is 3.19. The minimum absolute atomic E-state index is 0.263. The van der Waals surface area contributed by atoms with E-state index in [0.29, 0.717) is 17.9 Å². The highest BCUT2D eigenvalue weighted by atomic mass is 35.5. The van der Waals surface area contributed by atoms with Crippen LogP contribution in [-0.4, -0.2) is 11.8 Å². The van der Waals surface area contributed by atoms with Gasteiger partial charge < -0.3 is 10.6 Å². The van der Waals surface area contributed by atoms with Gasteiger partial charge in [-0.1, -0.05) is 41.9 Å². The second-order valence-corrected chi connectivity index (χ2v) is 6.57. The summed E-state index contributed by atoms with van der Waals surface area (Å²) in [6, 6.07) is 13.1. The first-order valence-electron chi connectivity index (χ1n) is 8.06. The molecule has 0 atom stereocenters. The number of hydrogen-bond acceptors (Lipinski definition) is 2. The molecule has 0 spiro atoms. The van der Waals surface area contributed by atoms with Crippen molar-refractivity contribution in [2.24, 2.45) is 5.41 Å². The molecule has 6 heteroatoms. The molecule has 2 amide bonds. The smallest absolute Gasteiger partial charge is 0.235 e. The van der Waals surface area contributed by atoms with Crippen LogP contribution >= 0.6 is 11.6 Å². The van der Waals surface area contributed by atoms with Crippen molar-refractivity contribution in [3.8, 4) is 0 Å². The lowest BCUT2D eigenvalue weighted by Gasteiger charge is -2.16. The second-order valence-electron chi connectivity index (χ2n) is 6.17. The van der Waals surface area contributed by atoms with E-state index in [1.54, 1.807) is 18.2 Å². The molecule has 130 valence electrons. The summed E-state index contributed by atoms with van der Waals surface area (Å²) in [4.78, 5) is 24.9. The molecule has 2 aromatic rings. The Morgan fingerprint density at radius 2 is 1.56 bits per heavy atom. The molecule has 2 N–H and O–H groups in total. The van der Waals surface area contributed by atoms with Gasteiger partial charge in [0.25, 0.3) is 0 Å². The predicted molar refractivity (Wildman–Crippen MR) is 93.2 cm³/mol. The SMILES string of the molecule is O=C(NCc1ccc(F)cc1)C1(C(=O)NCc2ccccc2Cl)CC1. The van der Waals surface area contributed by atoms with E-state index in [4.69, 9.17) is 11.6 Å². The van der Waals surface area contributed by atoms with Gasteiger partial charge in [0.15, 0.2) is 0 Å². The first-order valence-corrected chi connectivity index (χ1v) is 8.43. The number of benzene rings is 2. The Morgan fingerprint density at radius 1 is 0.960 bits per heavy atom. The van der Waals surface area contributed by atoms with Crippen molar-refractivity contribution >= 4 is 23.4 Å². The maximum atomic E-state index is 12.9. The summed E-state index contributed by atoms with van der Waals surface area (Å²) in [7, 11) is 0. The number of hydrogen-bond donors (Lipinski definition) is 2. The fourth-order valence-corrected chi connectivity index (χ4v) is 2.83. The Balaban J connectivity index is 1.55. The standard InChI is InChI=1S/C19H18ClFN2O2/c20-16-4-2-1-3-14(16)12-23-18(25)19(9-10-19)17(24)22-11-13-5-7-15(21)8-6-13/h1-8H,9-12H2,(H,22,24)(H,23,25). The summed E-state index contributed by atoms with van der Waals surface area (Å²) in [5.41, 5.74) is 0.587. The summed E-state index contributed by atoms with van der Waals surface area (Å²) in [6.45, 7) is 0.546. The van der Waals surface area contributed by atoms with Crippen LogP contribution in [0.25, 0.3) is 0 Å². The molecule has 1 aliphatic rings. The van der Waals surface area contributed by atoms with Crippen LogP contribution in [-0.2, 0) is 22.7 Å². The van der Waals surface area contributed by atoms with Gasteiger partial charge in [-0.15, -0.1) is 0 Å². The molecule has 0 aliphatic heterocycles. The van der Waals surface area contributed by atoms with Crippen molar-refractivity contribution in [2.75, 3.05) is 0 Å². The first-order chi connectivity index (χ1) is 12.0. The van der Waals surface area contributed by atoms with E-state index in [2.05, 4.69) is 10.6 Å². The Hall–Kier alpha value is -2.40. The monoisotopic (exact) mass is 360 g/mol. The van der Waals surface area contributed by atoms with Crippen LogP contribution in [0, 0.1) is 11.2 Å². The molecule has 1 fully saturated rings. The van der Waals surface area contributed by atoms with Crippen molar-refractivity contribution in [3.05, 3.63) is 70.5 Å². The zero-order chi connectivity index (χ0) is 17.9. The van der Waals surface area contributed by atoms with Crippen LogP contribution in [0.5, 0.6) is 0 Å². The Morgan fingerprint density at radius 3 is 2.16 bits per heavy atom. The van der Waals surface area contributed by atoms with Crippen molar-refractivity contribution in [3.63, 3.8) is 0 Å². The zero-order valence-electron chi connectivity index (χ0n) is 13.5. The number of carbonyl (C=O) groups is 2. The Bertz CT molecular complexity index is 788. The third-order valence-corrected chi connectivity index (χ3v) is 4.75. The molecule has 1 saturated carbocycles. The molecule has 0 unspecified atom stereocenters. The van der Waals surface area contributed by atoms with E-state index < -0.39 is 5.41 Å². The van der Waals surface area contributed by atoms with Gasteiger partial charge in [0.2, 0.25) is 11.8 Å². The lowest BCUT2D eigenvalue weighted by Crippen LogP contribution is -2.42. The van der Waals surface area contributed by atoms with E-state index in [9.17, 15) is 14.0 Å². The van der Waals surface area contributed by atoms with Crippen LogP contribution in [0.15, 0.2) is 48.5 Å². The molecule has 25 heavy (non-hydrogen) atoms. The molecule has 0 bridgehead atoms. The van der Waals surface area contributed by atoms with Crippen LogP contribution < -0.4 is 10.6 Å². The molecule has 3 rings (SSSR count). The van der Waals surface area contributed by atoms with Gasteiger partial charge in [0.1, 0.15) is 11.2 Å².